The van der Waals surface area contributed by atoms with Crippen molar-refractivity contribution in [2.75, 3.05) is 7.11 Å². The Morgan fingerprint density at radius 3 is 2.92 bits per heavy atom. The lowest BCUT2D eigenvalue weighted by molar-refractivity contribution is 0.416. The van der Waals surface area contributed by atoms with Gasteiger partial charge < -0.3 is 9.15 Å². The number of aromatic nitrogens is 4. The van der Waals surface area contributed by atoms with Crippen molar-refractivity contribution in [1.82, 2.24) is 20.2 Å². The van der Waals surface area contributed by atoms with E-state index in [9.17, 15) is 0 Å². The van der Waals surface area contributed by atoms with Crippen LogP contribution in [0.25, 0.3) is 22.5 Å². The van der Waals surface area contributed by atoms with Gasteiger partial charge in [0.25, 0.3) is 0 Å². The minimum atomic E-state index is 0.540. The Labute approximate surface area is 152 Å². The van der Waals surface area contributed by atoms with E-state index < -0.39 is 0 Å². The maximum Gasteiger partial charge on any atom is 0.209 e. The van der Waals surface area contributed by atoms with Gasteiger partial charge in [-0.25, -0.2) is 9.97 Å². The zero-order valence-electron chi connectivity index (χ0n) is 13.2. The summed E-state index contributed by atoms with van der Waals surface area (Å²) >= 11 is 7.51. The summed E-state index contributed by atoms with van der Waals surface area (Å²) in [5.74, 6) is 2.45. The van der Waals surface area contributed by atoms with Crippen molar-refractivity contribution in [3.05, 3.63) is 53.4 Å². The second-order valence-corrected chi connectivity index (χ2v) is 6.55. The molecule has 1 N–H and O–H groups in total. The van der Waals surface area contributed by atoms with Gasteiger partial charge in [-0.2, -0.15) is 0 Å². The molecule has 0 spiro atoms. The first-order valence-corrected chi connectivity index (χ1v) is 8.83. The monoisotopic (exact) mass is 372 g/mol. The van der Waals surface area contributed by atoms with Crippen LogP contribution in [0.4, 0.5) is 0 Å². The second kappa shape index (κ2) is 6.78. The first-order valence-electron chi connectivity index (χ1n) is 7.46. The summed E-state index contributed by atoms with van der Waals surface area (Å²) in [4.78, 5) is 8.93. The molecule has 25 heavy (non-hydrogen) atoms. The van der Waals surface area contributed by atoms with Crippen LogP contribution < -0.4 is 4.74 Å². The van der Waals surface area contributed by atoms with Crippen molar-refractivity contribution in [3.8, 4) is 17.1 Å². The fraction of sp³-hybridized carbons (Fsp3) is 0.118. The van der Waals surface area contributed by atoms with Gasteiger partial charge >= 0.3 is 0 Å². The minimum Gasteiger partial charge on any atom is -0.496 e. The number of methoxy groups -OCH3 is 1. The van der Waals surface area contributed by atoms with Crippen molar-refractivity contribution in [2.45, 2.75) is 10.9 Å². The average Bonchev–Trinajstić information content (AvgIpc) is 3.26. The molecule has 0 aliphatic heterocycles. The number of halogens is 1. The lowest BCUT2D eigenvalue weighted by Crippen LogP contribution is -1.89. The predicted molar refractivity (Wildman–Crippen MR) is 97.0 cm³/mol. The SMILES string of the molecule is COc1ccc(Cl)cc1-c1nc(SCc2nc3ccccc3o2)n[nH]1. The van der Waals surface area contributed by atoms with Gasteiger partial charge in [0.1, 0.15) is 11.3 Å². The highest BCUT2D eigenvalue weighted by molar-refractivity contribution is 7.98. The number of hydrogen-bond donors (Lipinski definition) is 1. The summed E-state index contributed by atoms with van der Waals surface area (Å²) in [6, 6.07) is 13.0. The van der Waals surface area contributed by atoms with Crippen LogP contribution in [0.5, 0.6) is 5.75 Å². The Bertz CT molecular complexity index is 997. The van der Waals surface area contributed by atoms with Crippen molar-refractivity contribution in [3.63, 3.8) is 0 Å². The van der Waals surface area contributed by atoms with Gasteiger partial charge in [0.15, 0.2) is 11.4 Å². The highest BCUT2D eigenvalue weighted by Gasteiger charge is 2.13. The normalized spacial score (nSPS) is 11.1. The summed E-state index contributed by atoms with van der Waals surface area (Å²) < 4.78 is 11.0. The third kappa shape index (κ3) is 3.33. The zero-order valence-corrected chi connectivity index (χ0v) is 14.8. The van der Waals surface area contributed by atoms with Crippen LogP contribution in [-0.4, -0.2) is 27.3 Å². The van der Waals surface area contributed by atoms with Gasteiger partial charge in [-0.3, -0.25) is 5.10 Å². The smallest absolute Gasteiger partial charge is 0.209 e. The molecule has 2 heterocycles. The van der Waals surface area contributed by atoms with E-state index in [4.69, 9.17) is 20.8 Å². The molecule has 0 atom stereocenters. The number of aromatic amines is 1. The molecule has 126 valence electrons. The standard InChI is InChI=1S/C17H13ClN4O2S/c1-23-13-7-6-10(18)8-11(13)16-20-17(22-21-16)25-9-15-19-12-4-2-3-5-14(12)24-15/h2-8H,9H2,1H3,(H,20,21,22). The molecule has 0 unspecified atom stereocenters. The molecule has 8 heteroatoms. The Morgan fingerprint density at radius 1 is 1.20 bits per heavy atom. The molecule has 0 amide bonds. The molecule has 0 saturated carbocycles. The van der Waals surface area contributed by atoms with E-state index in [0.717, 1.165) is 16.7 Å². The van der Waals surface area contributed by atoms with E-state index in [1.807, 2.05) is 24.3 Å². The Kier molecular flexibility index (Phi) is 4.33. The fourth-order valence-corrected chi connectivity index (χ4v) is 3.22. The van der Waals surface area contributed by atoms with Gasteiger partial charge in [-0.05, 0) is 30.3 Å². The molecule has 0 aliphatic rings. The molecule has 4 rings (SSSR count). The van der Waals surface area contributed by atoms with Crippen LogP contribution in [0.3, 0.4) is 0 Å². The number of nitrogens with one attached hydrogen (secondary N) is 1. The Hall–Kier alpha value is -2.51. The summed E-state index contributed by atoms with van der Waals surface area (Å²) in [5.41, 5.74) is 2.38. The van der Waals surface area contributed by atoms with E-state index in [1.165, 1.54) is 11.8 Å². The van der Waals surface area contributed by atoms with Crippen LogP contribution in [0, 0.1) is 0 Å². The highest BCUT2D eigenvalue weighted by Crippen LogP contribution is 2.31. The minimum absolute atomic E-state index is 0.540. The quantitative estimate of drug-likeness (QED) is 0.517. The third-order valence-corrected chi connectivity index (χ3v) is 4.61. The Morgan fingerprint density at radius 2 is 2.08 bits per heavy atom. The van der Waals surface area contributed by atoms with E-state index >= 15 is 0 Å². The topological polar surface area (TPSA) is 76.8 Å². The summed E-state index contributed by atoms with van der Waals surface area (Å²) in [6.45, 7) is 0. The number of oxazole rings is 1. The number of fused-ring (bicyclic) bond motifs is 1. The highest BCUT2D eigenvalue weighted by atomic mass is 35.5. The van der Waals surface area contributed by atoms with E-state index in [2.05, 4.69) is 20.2 Å². The maximum absolute atomic E-state index is 6.07. The number of ether oxygens (including phenoxy) is 1. The number of benzene rings is 2. The molecule has 6 nitrogen and oxygen atoms in total. The summed E-state index contributed by atoms with van der Waals surface area (Å²) in [7, 11) is 1.60. The van der Waals surface area contributed by atoms with Gasteiger partial charge in [0.2, 0.25) is 11.0 Å². The van der Waals surface area contributed by atoms with Gasteiger partial charge in [-0.1, -0.05) is 35.5 Å². The van der Waals surface area contributed by atoms with E-state index in [1.54, 1.807) is 25.3 Å². The third-order valence-electron chi connectivity index (χ3n) is 3.54. The van der Waals surface area contributed by atoms with Crippen molar-refractivity contribution >= 4 is 34.5 Å². The number of para-hydroxylation sites is 2. The Balaban J connectivity index is 1.52. The molecule has 0 fully saturated rings. The van der Waals surface area contributed by atoms with Crippen molar-refractivity contribution in [1.29, 1.82) is 0 Å². The van der Waals surface area contributed by atoms with Crippen LogP contribution in [0.2, 0.25) is 5.02 Å². The fourth-order valence-electron chi connectivity index (χ4n) is 2.40. The molecule has 4 aromatic rings. The summed E-state index contributed by atoms with van der Waals surface area (Å²) in [5, 5.41) is 8.34. The van der Waals surface area contributed by atoms with Crippen LogP contribution in [0.15, 0.2) is 52.0 Å². The number of nitrogens with zero attached hydrogens (tertiary/aromatic N) is 3. The lowest BCUT2D eigenvalue weighted by Gasteiger charge is -2.05. The number of thioether (sulfide) groups is 1. The molecule has 0 aliphatic carbocycles. The first kappa shape index (κ1) is 16.0. The maximum atomic E-state index is 6.07. The molecule has 2 aromatic carbocycles. The van der Waals surface area contributed by atoms with Crippen molar-refractivity contribution < 1.29 is 9.15 Å². The van der Waals surface area contributed by atoms with Crippen molar-refractivity contribution in [2.24, 2.45) is 0 Å². The molecular formula is C17H13ClN4O2S. The molecule has 0 radical (unpaired) electrons. The van der Waals surface area contributed by atoms with E-state index in [0.29, 0.717) is 33.4 Å². The van der Waals surface area contributed by atoms with E-state index in [-0.39, 0.29) is 0 Å². The number of rotatable bonds is 5. The zero-order chi connectivity index (χ0) is 17.2. The largest absolute Gasteiger partial charge is 0.496 e. The van der Waals surface area contributed by atoms with Crippen LogP contribution >= 0.6 is 23.4 Å². The van der Waals surface area contributed by atoms with Gasteiger partial charge in [-0.15, -0.1) is 5.10 Å². The second-order valence-electron chi connectivity index (χ2n) is 5.18. The first-order chi connectivity index (χ1) is 12.2. The van der Waals surface area contributed by atoms with Crippen LogP contribution in [-0.2, 0) is 5.75 Å². The van der Waals surface area contributed by atoms with Crippen LogP contribution in [0.1, 0.15) is 5.89 Å². The van der Waals surface area contributed by atoms with Gasteiger partial charge in [0, 0.05) is 5.02 Å². The van der Waals surface area contributed by atoms with Gasteiger partial charge in [0.05, 0.1) is 18.4 Å². The summed E-state index contributed by atoms with van der Waals surface area (Å²) in [6.07, 6.45) is 0. The molecule has 0 bridgehead atoms. The predicted octanol–water partition coefficient (Wildman–Crippen LogP) is 4.57. The molecule has 0 saturated heterocycles. The molecular weight excluding hydrogens is 360 g/mol. The molecule has 2 aromatic heterocycles. The number of hydrogen-bond acceptors (Lipinski definition) is 6. The lowest BCUT2D eigenvalue weighted by atomic mass is 10.2. The number of H-pyrrole nitrogens is 1. The average molecular weight is 373 g/mol.